The van der Waals surface area contributed by atoms with E-state index in [1.807, 2.05) is 42.5 Å². The molecule has 0 aliphatic carbocycles. The van der Waals surface area contributed by atoms with Crippen LogP contribution in [0.4, 0.5) is 11.4 Å². The molecular formula is C17H18N2O3. The Hall–Kier alpha value is -2.69. The molecule has 0 bridgehead atoms. The molecule has 2 N–H and O–H groups in total. The van der Waals surface area contributed by atoms with Gasteiger partial charge in [0.1, 0.15) is 0 Å². The van der Waals surface area contributed by atoms with Crippen molar-refractivity contribution in [3.8, 4) is 11.5 Å². The zero-order valence-electron chi connectivity index (χ0n) is 12.6. The third-order valence-electron chi connectivity index (χ3n) is 3.49. The number of ether oxygens (including phenoxy) is 2. The highest BCUT2D eigenvalue weighted by molar-refractivity contribution is 5.88. The van der Waals surface area contributed by atoms with Crippen molar-refractivity contribution in [3.05, 3.63) is 48.0 Å². The van der Waals surface area contributed by atoms with E-state index in [2.05, 4.69) is 17.6 Å². The van der Waals surface area contributed by atoms with Crippen LogP contribution < -0.4 is 20.1 Å². The molecule has 114 valence electrons. The molecule has 5 nitrogen and oxygen atoms in total. The molecular weight excluding hydrogens is 280 g/mol. The maximum Gasteiger partial charge on any atom is 0.231 e. The van der Waals surface area contributed by atoms with Gasteiger partial charge in [-0.3, -0.25) is 4.79 Å². The molecule has 1 aliphatic rings. The molecule has 0 saturated carbocycles. The van der Waals surface area contributed by atoms with Gasteiger partial charge in [0.15, 0.2) is 11.5 Å². The Morgan fingerprint density at radius 2 is 1.73 bits per heavy atom. The first-order valence-electron chi connectivity index (χ1n) is 7.15. The first-order chi connectivity index (χ1) is 10.6. The summed E-state index contributed by atoms with van der Waals surface area (Å²) in [6, 6.07) is 13.7. The summed E-state index contributed by atoms with van der Waals surface area (Å²) < 4.78 is 10.7. The van der Waals surface area contributed by atoms with Gasteiger partial charge in [0.05, 0.1) is 0 Å². The fourth-order valence-corrected chi connectivity index (χ4v) is 2.37. The van der Waals surface area contributed by atoms with Crippen molar-refractivity contribution in [2.75, 3.05) is 17.4 Å². The lowest BCUT2D eigenvalue weighted by molar-refractivity contribution is -0.114. The van der Waals surface area contributed by atoms with Crippen LogP contribution >= 0.6 is 0 Å². The number of fused-ring (bicyclic) bond motifs is 1. The Labute approximate surface area is 129 Å². The number of rotatable bonds is 4. The lowest BCUT2D eigenvalue weighted by Crippen LogP contribution is -2.08. The highest BCUT2D eigenvalue weighted by Gasteiger charge is 2.15. The van der Waals surface area contributed by atoms with Gasteiger partial charge >= 0.3 is 0 Å². The highest BCUT2D eigenvalue weighted by Crippen LogP contribution is 2.34. The molecule has 0 fully saturated rings. The monoisotopic (exact) mass is 298 g/mol. The summed E-state index contributed by atoms with van der Waals surface area (Å²) in [6.07, 6.45) is 0. The van der Waals surface area contributed by atoms with E-state index in [0.717, 1.165) is 28.4 Å². The quantitative estimate of drug-likeness (QED) is 0.906. The summed E-state index contributed by atoms with van der Waals surface area (Å²) in [7, 11) is 0. The standard InChI is InChI=1S/C17H18N2O3/c1-11(13-3-8-16-17(9-13)22-10-21-16)18-14-4-6-15(7-5-14)19-12(2)20/h3-9,11,18H,10H2,1-2H3,(H,19,20). The average molecular weight is 298 g/mol. The van der Waals surface area contributed by atoms with Crippen LogP contribution in [-0.2, 0) is 4.79 Å². The number of nitrogens with one attached hydrogen (secondary N) is 2. The molecule has 0 aromatic heterocycles. The summed E-state index contributed by atoms with van der Waals surface area (Å²) >= 11 is 0. The van der Waals surface area contributed by atoms with E-state index < -0.39 is 0 Å². The SMILES string of the molecule is CC(=O)Nc1ccc(NC(C)c2ccc3c(c2)OCO3)cc1. The number of hydrogen-bond acceptors (Lipinski definition) is 4. The highest BCUT2D eigenvalue weighted by atomic mass is 16.7. The van der Waals surface area contributed by atoms with Gasteiger partial charge in [-0.25, -0.2) is 0 Å². The van der Waals surface area contributed by atoms with E-state index in [-0.39, 0.29) is 18.7 Å². The van der Waals surface area contributed by atoms with E-state index in [9.17, 15) is 4.79 Å². The Kier molecular flexibility index (Phi) is 3.87. The smallest absolute Gasteiger partial charge is 0.231 e. The number of anilines is 2. The predicted octanol–water partition coefficient (Wildman–Crippen LogP) is 3.55. The summed E-state index contributed by atoms with van der Waals surface area (Å²) in [5.41, 5.74) is 2.89. The molecule has 0 spiro atoms. The topological polar surface area (TPSA) is 59.6 Å². The maximum absolute atomic E-state index is 11.0. The molecule has 0 radical (unpaired) electrons. The van der Waals surface area contributed by atoms with Crippen molar-refractivity contribution in [1.82, 2.24) is 0 Å². The second-order valence-corrected chi connectivity index (χ2v) is 5.24. The zero-order valence-corrected chi connectivity index (χ0v) is 12.6. The second-order valence-electron chi connectivity index (χ2n) is 5.24. The molecule has 1 atom stereocenters. The van der Waals surface area contributed by atoms with E-state index in [1.54, 1.807) is 0 Å². The van der Waals surface area contributed by atoms with E-state index in [0.29, 0.717) is 0 Å². The van der Waals surface area contributed by atoms with Crippen molar-refractivity contribution in [2.24, 2.45) is 0 Å². The minimum Gasteiger partial charge on any atom is -0.454 e. The van der Waals surface area contributed by atoms with Crippen molar-refractivity contribution in [1.29, 1.82) is 0 Å². The fraction of sp³-hybridized carbons (Fsp3) is 0.235. The molecule has 1 aliphatic heterocycles. The van der Waals surface area contributed by atoms with E-state index >= 15 is 0 Å². The molecule has 1 amide bonds. The number of hydrogen-bond donors (Lipinski definition) is 2. The van der Waals surface area contributed by atoms with Crippen molar-refractivity contribution < 1.29 is 14.3 Å². The fourth-order valence-electron chi connectivity index (χ4n) is 2.37. The molecule has 22 heavy (non-hydrogen) atoms. The maximum atomic E-state index is 11.0. The predicted molar refractivity (Wildman–Crippen MR) is 85.3 cm³/mol. The van der Waals surface area contributed by atoms with Crippen LogP contribution in [0.3, 0.4) is 0 Å². The third-order valence-corrected chi connectivity index (χ3v) is 3.49. The number of carbonyl (C=O) groups is 1. The van der Waals surface area contributed by atoms with Crippen LogP contribution in [0.25, 0.3) is 0 Å². The summed E-state index contributed by atoms with van der Waals surface area (Å²) in [6.45, 7) is 3.86. The molecule has 1 unspecified atom stereocenters. The van der Waals surface area contributed by atoms with Gasteiger partial charge in [-0.1, -0.05) is 6.07 Å². The van der Waals surface area contributed by atoms with Gasteiger partial charge in [0.2, 0.25) is 12.7 Å². The van der Waals surface area contributed by atoms with E-state index in [4.69, 9.17) is 9.47 Å². The van der Waals surface area contributed by atoms with Crippen LogP contribution in [-0.4, -0.2) is 12.7 Å². The Morgan fingerprint density at radius 1 is 1.05 bits per heavy atom. The summed E-state index contributed by atoms with van der Waals surface area (Å²) in [5, 5.41) is 6.17. The lowest BCUT2D eigenvalue weighted by Gasteiger charge is -2.16. The number of carbonyl (C=O) groups excluding carboxylic acids is 1. The molecule has 5 heteroatoms. The minimum atomic E-state index is -0.0746. The van der Waals surface area contributed by atoms with Gasteiger partial charge in [-0.2, -0.15) is 0 Å². The van der Waals surface area contributed by atoms with Crippen molar-refractivity contribution in [3.63, 3.8) is 0 Å². The Balaban J connectivity index is 1.68. The summed E-state index contributed by atoms with van der Waals surface area (Å²) in [4.78, 5) is 11.0. The van der Waals surface area contributed by atoms with E-state index in [1.165, 1.54) is 6.92 Å². The number of benzene rings is 2. The first kappa shape index (κ1) is 14.3. The Morgan fingerprint density at radius 3 is 2.45 bits per heavy atom. The third kappa shape index (κ3) is 3.14. The van der Waals surface area contributed by atoms with Crippen molar-refractivity contribution in [2.45, 2.75) is 19.9 Å². The van der Waals surface area contributed by atoms with Gasteiger partial charge in [0, 0.05) is 24.3 Å². The molecule has 1 heterocycles. The molecule has 2 aromatic rings. The number of amides is 1. The molecule has 3 rings (SSSR count). The van der Waals surface area contributed by atoms with Gasteiger partial charge < -0.3 is 20.1 Å². The van der Waals surface area contributed by atoms with Gasteiger partial charge in [-0.15, -0.1) is 0 Å². The largest absolute Gasteiger partial charge is 0.454 e. The van der Waals surface area contributed by atoms with Crippen LogP contribution in [0.2, 0.25) is 0 Å². The van der Waals surface area contributed by atoms with Gasteiger partial charge in [0.25, 0.3) is 0 Å². The first-order valence-corrected chi connectivity index (χ1v) is 7.15. The summed E-state index contributed by atoms with van der Waals surface area (Å²) in [5.74, 6) is 1.50. The normalized spacial score (nSPS) is 13.5. The van der Waals surface area contributed by atoms with Crippen molar-refractivity contribution >= 4 is 17.3 Å². The minimum absolute atomic E-state index is 0.0746. The van der Waals surface area contributed by atoms with Gasteiger partial charge in [-0.05, 0) is 48.9 Å². The zero-order chi connectivity index (χ0) is 15.5. The molecule has 0 saturated heterocycles. The Bertz CT molecular complexity index is 683. The molecule has 2 aromatic carbocycles. The van der Waals surface area contributed by atoms with Crippen LogP contribution in [0.1, 0.15) is 25.5 Å². The van der Waals surface area contributed by atoms with Crippen LogP contribution in [0.5, 0.6) is 11.5 Å². The van der Waals surface area contributed by atoms with Crippen LogP contribution in [0.15, 0.2) is 42.5 Å². The average Bonchev–Trinajstić information content (AvgIpc) is 2.96. The second kappa shape index (κ2) is 5.97. The van der Waals surface area contributed by atoms with Crippen LogP contribution in [0, 0.1) is 0 Å². The lowest BCUT2D eigenvalue weighted by atomic mass is 10.1.